The number of aromatic nitrogens is 2. The minimum atomic E-state index is -0.912. The van der Waals surface area contributed by atoms with Gasteiger partial charge in [-0.25, -0.2) is 13.8 Å². The maximum Gasteiger partial charge on any atom is 0.231 e. The first-order valence-corrected chi connectivity index (χ1v) is 7.34. The average Bonchev–Trinajstić information content (AvgIpc) is 3.17. The van der Waals surface area contributed by atoms with Crippen LogP contribution in [0.5, 0.6) is 0 Å². The van der Waals surface area contributed by atoms with Crippen LogP contribution in [0.4, 0.5) is 8.78 Å². The van der Waals surface area contributed by atoms with E-state index in [1.807, 2.05) is 0 Å². The number of imidazole rings is 1. The molecule has 2 aromatic rings. The molecule has 0 unspecified atom stereocenters. The Kier molecular flexibility index (Phi) is 3.92. The molecule has 1 aliphatic rings. The van der Waals surface area contributed by atoms with Crippen LogP contribution in [-0.2, 0) is 16.8 Å². The van der Waals surface area contributed by atoms with E-state index in [2.05, 4.69) is 15.3 Å². The number of hydrogen-bond acceptors (Lipinski definition) is 2. The summed E-state index contributed by atoms with van der Waals surface area (Å²) in [4.78, 5) is 19.6. The molecule has 116 valence electrons. The Morgan fingerprint density at radius 1 is 1.32 bits per heavy atom. The summed E-state index contributed by atoms with van der Waals surface area (Å²) in [6, 6.07) is 3.44. The summed E-state index contributed by atoms with van der Waals surface area (Å²) in [5.41, 5.74) is -0.631. The van der Waals surface area contributed by atoms with E-state index in [4.69, 9.17) is 0 Å². The Labute approximate surface area is 127 Å². The number of amides is 1. The van der Waals surface area contributed by atoms with Crippen LogP contribution in [0.25, 0.3) is 0 Å². The normalized spacial score (nSPS) is 16.6. The molecular formula is C16H17F2N3O. The molecule has 2 N–H and O–H groups in total. The molecule has 1 aliphatic carbocycles. The van der Waals surface area contributed by atoms with Gasteiger partial charge in [-0.3, -0.25) is 4.79 Å². The van der Waals surface area contributed by atoms with Crippen molar-refractivity contribution in [2.75, 3.05) is 0 Å². The number of H-pyrrole nitrogens is 1. The zero-order chi connectivity index (χ0) is 15.6. The molecule has 0 aliphatic heterocycles. The SMILES string of the molecule is O=C(NCc1ncc[nH]1)C1(c2ccc(F)cc2F)CCCC1. The Balaban J connectivity index is 1.86. The van der Waals surface area contributed by atoms with Crippen LogP contribution in [0.1, 0.15) is 37.1 Å². The Hall–Kier alpha value is -2.24. The third-order valence-corrected chi connectivity index (χ3v) is 4.31. The Morgan fingerprint density at radius 3 is 2.73 bits per heavy atom. The zero-order valence-corrected chi connectivity index (χ0v) is 12.0. The summed E-state index contributed by atoms with van der Waals surface area (Å²) in [5, 5.41) is 2.82. The van der Waals surface area contributed by atoms with E-state index in [1.165, 1.54) is 12.1 Å². The number of benzene rings is 1. The van der Waals surface area contributed by atoms with Gasteiger partial charge in [0.05, 0.1) is 12.0 Å². The van der Waals surface area contributed by atoms with Gasteiger partial charge in [-0.15, -0.1) is 0 Å². The molecule has 0 atom stereocenters. The second kappa shape index (κ2) is 5.87. The van der Waals surface area contributed by atoms with Crippen molar-refractivity contribution in [2.45, 2.75) is 37.6 Å². The van der Waals surface area contributed by atoms with E-state index in [1.54, 1.807) is 12.4 Å². The summed E-state index contributed by atoms with van der Waals surface area (Å²) in [5.74, 6) is -0.881. The monoisotopic (exact) mass is 305 g/mol. The third-order valence-electron chi connectivity index (χ3n) is 4.31. The van der Waals surface area contributed by atoms with Crippen molar-refractivity contribution in [3.05, 3.63) is 53.6 Å². The van der Waals surface area contributed by atoms with Crippen LogP contribution in [0.2, 0.25) is 0 Å². The maximum absolute atomic E-state index is 14.2. The predicted octanol–water partition coefficient (Wildman–Crippen LogP) is 2.82. The van der Waals surface area contributed by atoms with Crippen molar-refractivity contribution < 1.29 is 13.6 Å². The molecule has 22 heavy (non-hydrogen) atoms. The fourth-order valence-corrected chi connectivity index (χ4v) is 3.20. The number of carbonyl (C=O) groups is 1. The summed E-state index contributed by atoms with van der Waals surface area (Å²) in [6.07, 6.45) is 6.12. The Bertz CT molecular complexity index is 664. The summed E-state index contributed by atoms with van der Waals surface area (Å²) in [7, 11) is 0. The summed E-state index contributed by atoms with van der Waals surface area (Å²) in [6.45, 7) is 0.260. The molecule has 4 nitrogen and oxygen atoms in total. The van der Waals surface area contributed by atoms with Gasteiger partial charge in [0, 0.05) is 24.0 Å². The topological polar surface area (TPSA) is 57.8 Å². The lowest BCUT2D eigenvalue weighted by Gasteiger charge is -2.28. The van der Waals surface area contributed by atoms with Gasteiger partial charge >= 0.3 is 0 Å². The standard InChI is InChI=1S/C16H17F2N3O/c17-11-3-4-12(13(18)9-11)16(5-1-2-6-16)15(22)21-10-14-19-7-8-20-14/h3-4,7-9H,1-2,5-6,10H2,(H,19,20)(H,21,22). The number of rotatable bonds is 4. The van der Waals surface area contributed by atoms with Crippen LogP contribution in [-0.4, -0.2) is 15.9 Å². The molecule has 1 heterocycles. The van der Waals surface area contributed by atoms with Gasteiger partial charge in [0.1, 0.15) is 17.5 Å². The van der Waals surface area contributed by atoms with Gasteiger partial charge in [-0.2, -0.15) is 0 Å². The smallest absolute Gasteiger partial charge is 0.231 e. The van der Waals surface area contributed by atoms with Gasteiger partial charge in [0.2, 0.25) is 5.91 Å². The van der Waals surface area contributed by atoms with Gasteiger partial charge in [0.25, 0.3) is 0 Å². The first-order valence-electron chi connectivity index (χ1n) is 7.34. The molecule has 1 aromatic carbocycles. The second-order valence-corrected chi connectivity index (χ2v) is 5.63. The molecule has 0 spiro atoms. The maximum atomic E-state index is 14.2. The van der Waals surface area contributed by atoms with Gasteiger partial charge < -0.3 is 10.3 Å². The average molecular weight is 305 g/mol. The van der Waals surface area contributed by atoms with Crippen LogP contribution in [0.3, 0.4) is 0 Å². The largest absolute Gasteiger partial charge is 0.348 e. The minimum Gasteiger partial charge on any atom is -0.348 e. The second-order valence-electron chi connectivity index (χ2n) is 5.63. The molecule has 0 bridgehead atoms. The molecule has 6 heteroatoms. The lowest BCUT2D eigenvalue weighted by molar-refractivity contribution is -0.127. The number of halogens is 2. The minimum absolute atomic E-state index is 0.230. The molecule has 1 aromatic heterocycles. The van der Waals surface area contributed by atoms with Gasteiger partial charge in [-0.05, 0) is 18.9 Å². The molecule has 0 saturated heterocycles. The lowest BCUT2D eigenvalue weighted by atomic mass is 9.77. The molecule has 3 rings (SSSR count). The molecular weight excluding hydrogens is 288 g/mol. The van der Waals surface area contributed by atoms with E-state index in [9.17, 15) is 13.6 Å². The number of nitrogens with zero attached hydrogens (tertiary/aromatic N) is 1. The first kappa shape index (κ1) is 14.7. The number of carbonyl (C=O) groups excluding carboxylic acids is 1. The fraction of sp³-hybridized carbons (Fsp3) is 0.375. The molecule has 1 saturated carbocycles. The Morgan fingerprint density at radius 2 is 2.09 bits per heavy atom. The lowest BCUT2D eigenvalue weighted by Crippen LogP contribution is -2.43. The van der Waals surface area contributed by atoms with Gasteiger partial charge in [-0.1, -0.05) is 18.9 Å². The van der Waals surface area contributed by atoms with E-state index in [0.717, 1.165) is 18.9 Å². The molecule has 0 radical (unpaired) electrons. The zero-order valence-electron chi connectivity index (χ0n) is 12.0. The third kappa shape index (κ3) is 2.61. The van der Waals surface area contributed by atoms with Crippen LogP contribution in [0.15, 0.2) is 30.6 Å². The highest BCUT2D eigenvalue weighted by Crippen LogP contribution is 2.42. The van der Waals surface area contributed by atoms with Gasteiger partial charge in [0.15, 0.2) is 0 Å². The van der Waals surface area contributed by atoms with E-state index in [0.29, 0.717) is 18.7 Å². The van der Waals surface area contributed by atoms with Crippen molar-refractivity contribution >= 4 is 5.91 Å². The number of nitrogens with one attached hydrogen (secondary N) is 2. The highest BCUT2D eigenvalue weighted by Gasteiger charge is 2.44. The van der Waals surface area contributed by atoms with Crippen LogP contribution in [0, 0.1) is 11.6 Å². The predicted molar refractivity (Wildman–Crippen MR) is 76.9 cm³/mol. The highest BCUT2D eigenvalue weighted by atomic mass is 19.1. The number of aromatic amines is 1. The van der Waals surface area contributed by atoms with Crippen molar-refractivity contribution in [1.29, 1.82) is 0 Å². The highest BCUT2D eigenvalue weighted by molar-refractivity contribution is 5.88. The fourth-order valence-electron chi connectivity index (χ4n) is 3.20. The summed E-state index contributed by atoms with van der Waals surface area (Å²) >= 11 is 0. The van der Waals surface area contributed by atoms with Crippen molar-refractivity contribution in [3.63, 3.8) is 0 Å². The van der Waals surface area contributed by atoms with Crippen molar-refractivity contribution in [3.8, 4) is 0 Å². The van der Waals surface area contributed by atoms with Crippen molar-refractivity contribution in [1.82, 2.24) is 15.3 Å². The van der Waals surface area contributed by atoms with Crippen molar-refractivity contribution in [2.24, 2.45) is 0 Å². The molecule has 1 amide bonds. The van der Waals surface area contributed by atoms with E-state index < -0.39 is 17.0 Å². The molecule has 1 fully saturated rings. The number of hydrogen-bond donors (Lipinski definition) is 2. The van der Waals surface area contributed by atoms with Crippen LogP contribution < -0.4 is 5.32 Å². The first-order chi connectivity index (χ1) is 10.6. The van der Waals surface area contributed by atoms with E-state index >= 15 is 0 Å². The summed E-state index contributed by atoms with van der Waals surface area (Å²) < 4.78 is 27.3. The quantitative estimate of drug-likeness (QED) is 0.912. The van der Waals surface area contributed by atoms with Crippen LogP contribution >= 0.6 is 0 Å². The van der Waals surface area contributed by atoms with E-state index in [-0.39, 0.29) is 18.0 Å².